The summed E-state index contributed by atoms with van der Waals surface area (Å²) in [4.78, 5) is 7.57. The Morgan fingerprint density at radius 1 is 1.05 bits per heavy atom. The number of methoxy groups -OCH3 is 1. The normalized spacial score (nSPS) is 10.5. The molecule has 2 aromatic carbocycles. The van der Waals surface area contributed by atoms with E-state index in [1.165, 1.54) is 0 Å². The van der Waals surface area contributed by atoms with E-state index in [1.54, 1.807) is 13.4 Å². The number of nitrogens with one attached hydrogen (secondary N) is 1. The van der Waals surface area contributed by atoms with Crippen LogP contribution < -0.4 is 4.74 Å². The van der Waals surface area contributed by atoms with E-state index in [9.17, 15) is 0 Å². The fourth-order valence-electron chi connectivity index (χ4n) is 2.13. The Bertz CT molecular complexity index is 719. The van der Waals surface area contributed by atoms with Gasteiger partial charge in [0, 0.05) is 16.1 Å². The highest BCUT2D eigenvalue weighted by molar-refractivity contribution is 6.33. The molecule has 0 aliphatic heterocycles. The molecule has 1 aromatic heterocycles. The van der Waals surface area contributed by atoms with Crippen molar-refractivity contribution in [3.8, 4) is 28.3 Å². The van der Waals surface area contributed by atoms with Crippen LogP contribution in [0.15, 0.2) is 54.9 Å². The van der Waals surface area contributed by atoms with Gasteiger partial charge in [-0.1, -0.05) is 29.8 Å². The molecular weight excluding hydrogens is 272 g/mol. The maximum Gasteiger partial charge on any atom is 0.118 e. The van der Waals surface area contributed by atoms with Gasteiger partial charge in [-0.25, -0.2) is 4.98 Å². The minimum Gasteiger partial charge on any atom is -0.497 e. The molecule has 0 unspecified atom stereocenters. The summed E-state index contributed by atoms with van der Waals surface area (Å²) in [6.45, 7) is 0. The number of imidazole rings is 1. The number of nitrogens with zero attached hydrogens (tertiary/aromatic N) is 1. The van der Waals surface area contributed by atoms with Crippen molar-refractivity contribution in [1.29, 1.82) is 0 Å². The Hall–Kier alpha value is -2.26. The highest BCUT2D eigenvalue weighted by Crippen LogP contribution is 2.33. The third-order valence-electron chi connectivity index (χ3n) is 3.15. The van der Waals surface area contributed by atoms with E-state index < -0.39 is 0 Å². The molecule has 100 valence electrons. The summed E-state index contributed by atoms with van der Waals surface area (Å²) in [5.41, 5.74) is 3.75. The zero-order chi connectivity index (χ0) is 13.9. The Kier molecular flexibility index (Phi) is 3.44. The van der Waals surface area contributed by atoms with Crippen LogP contribution in [0.4, 0.5) is 0 Å². The van der Waals surface area contributed by atoms with Gasteiger partial charge in [-0.2, -0.15) is 0 Å². The Morgan fingerprint density at radius 3 is 2.50 bits per heavy atom. The highest BCUT2D eigenvalue weighted by Gasteiger charge is 2.12. The average molecular weight is 285 g/mol. The van der Waals surface area contributed by atoms with Crippen molar-refractivity contribution in [3.63, 3.8) is 0 Å². The molecule has 0 bridgehead atoms. The van der Waals surface area contributed by atoms with Gasteiger partial charge in [0.05, 0.1) is 24.8 Å². The van der Waals surface area contributed by atoms with E-state index in [4.69, 9.17) is 16.3 Å². The number of hydrogen-bond donors (Lipinski definition) is 1. The molecule has 1 N–H and O–H groups in total. The molecule has 3 rings (SSSR count). The molecule has 1 heterocycles. The van der Waals surface area contributed by atoms with Crippen LogP contribution in [0.25, 0.3) is 22.5 Å². The monoisotopic (exact) mass is 284 g/mol. The largest absolute Gasteiger partial charge is 0.497 e. The Balaban J connectivity index is 2.08. The standard InChI is InChI=1S/C16H13ClN2O/c1-20-12-8-6-11(7-9-12)15-16(19-10-18-15)13-4-2-3-5-14(13)17/h2-10H,1H3,(H,18,19). The molecule has 0 aliphatic carbocycles. The molecule has 0 fully saturated rings. The van der Waals surface area contributed by atoms with Crippen molar-refractivity contribution in [2.75, 3.05) is 7.11 Å². The van der Waals surface area contributed by atoms with Crippen LogP contribution in [-0.2, 0) is 0 Å². The number of hydrogen-bond acceptors (Lipinski definition) is 2. The predicted molar refractivity (Wildman–Crippen MR) is 81.0 cm³/mol. The summed E-state index contributed by atoms with van der Waals surface area (Å²) in [6, 6.07) is 15.5. The molecule has 0 spiro atoms. The lowest BCUT2D eigenvalue weighted by atomic mass is 10.0. The van der Waals surface area contributed by atoms with E-state index in [0.717, 1.165) is 28.3 Å². The van der Waals surface area contributed by atoms with Gasteiger partial charge < -0.3 is 9.72 Å². The SMILES string of the molecule is COc1ccc(-c2nc[nH]c2-c2ccccc2Cl)cc1. The molecule has 0 saturated carbocycles. The third-order valence-corrected chi connectivity index (χ3v) is 3.48. The second-order valence-corrected chi connectivity index (χ2v) is 4.74. The summed E-state index contributed by atoms with van der Waals surface area (Å²) in [5, 5.41) is 0.700. The lowest BCUT2D eigenvalue weighted by molar-refractivity contribution is 0.415. The topological polar surface area (TPSA) is 37.9 Å². The number of ether oxygens (including phenoxy) is 1. The zero-order valence-corrected chi connectivity index (χ0v) is 11.7. The summed E-state index contributed by atoms with van der Waals surface area (Å²) < 4.78 is 5.17. The van der Waals surface area contributed by atoms with Crippen molar-refractivity contribution >= 4 is 11.6 Å². The van der Waals surface area contributed by atoms with Crippen molar-refractivity contribution in [2.45, 2.75) is 0 Å². The van der Waals surface area contributed by atoms with Gasteiger partial charge in [-0.3, -0.25) is 0 Å². The van der Waals surface area contributed by atoms with Gasteiger partial charge in [0.15, 0.2) is 0 Å². The minimum atomic E-state index is 0.700. The third kappa shape index (κ3) is 2.28. The van der Waals surface area contributed by atoms with Crippen LogP contribution in [0.5, 0.6) is 5.75 Å². The Morgan fingerprint density at radius 2 is 1.80 bits per heavy atom. The number of H-pyrrole nitrogens is 1. The van der Waals surface area contributed by atoms with Crippen molar-refractivity contribution in [1.82, 2.24) is 9.97 Å². The van der Waals surface area contributed by atoms with Gasteiger partial charge in [0.1, 0.15) is 5.75 Å². The maximum absolute atomic E-state index is 6.26. The van der Waals surface area contributed by atoms with Gasteiger partial charge >= 0.3 is 0 Å². The quantitative estimate of drug-likeness (QED) is 0.774. The van der Waals surface area contributed by atoms with Crippen LogP contribution in [0.3, 0.4) is 0 Å². The molecule has 4 heteroatoms. The molecule has 0 aliphatic rings. The summed E-state index contributed by atoms with van der Waals surface area (Å²) in [5.74, 6) is 0.823. The molecule has 0 radical (unpaired) electrons. The van der Waals surface area contributed by atoms with Gasteiger partial charge in [-0.15, -0.1) is 0 Å². The first-order valence-electron chi connectivity index (χ1n) is 6.22. The van der Waals surface area contributed by atoms with E-state index in [-0.39, 0.29) is 0 Å². The van der Waals surface area contributed by atoms with Crippen LogP contribution in [0.1, 0.15) is 0 Å². The number of rotatable bonds is 3. The smallest absolute Gasteiger partial charge is 0.118 e. The highest BCUT2D eigenvalue weighted by atomic mass is 35.5. The molecular formula is C16H13ClN2O. The van der Waals surface area contributed by atoms with Crippen LogP contribution >= 0.6 is 11.6 Å². The van der Waals surface area contributed by atoms with Crippen LogP contribution in [0.2, 0.25) is 5.02 Å². The first-order chi connectivity index (χ1) is 9.79. The lowest BCUT2D eigenvalue weighted by Crippen LogP contribution is -1.86. The van der Waals surface area contributed by atoms with Gasteiger partial charge in [0.25, 0.3) is 0 Å². The van der Waals surface area contributed by atoms with Crippen LogP contribution in [-0.4, -0.2) is 17.1 Å². The van der Waals surface area contributed by atoms with Crippen LogP contribution in [0, 0.1) is 0 Å². The molecule has 0 atom stereocenters. The van der Waals surface area contributed by atoms with Crippen molar-refractivity contribution < 1.29 is 4.74 Å². The van der Waals surface area contributed by atoms with E-state index >= 15 is 0 Å². The van der Waals surface area contributed by atoms with E-state index in [1.807, 2.05) is 48.5 Å². The number of aromatic amines is 1. The zero-order valence-electron chi connectivity index (χ0n) is 10.9. The first-order valence-corrected chi connectivity index (χ1v) is 6.60. The second-order valence-electron chi connectivity index (χ2n) is 4.33. The van der Waals surface area contributed by atoms with E-state index in [2.05, 4.69) is 9.97 Å². The van der Waals surface area contributed by atoms with Crippen molar-refractivity contribution in [3.05, 3.63) is 59.9 Å². The molecule has 0 amide bonds. The maximum atomic E-state index is 6.26. The van der Waals surface area contributed by atoms with E-state index in [0.29, 0.717) is 5.02 Å². The minimum absolute atomic E-state index is 0.700. The summed E-state index contributed by atoms with van der Waals surface area (Å²) in [7, 11) is 1.65. The molecule has 0 saturated heterocycles. The molecule has 20 heavy (non-hydrogen) atoms. The number of benzene rings is 2. The Labute approximate surface area is 122 Å². The molecule has 3 nitrogen and oxygen atoms in total. The predicted octanol–water partition coefficient (Wildman–Crippen LogP) is 4.41. The fraction of sp³-hybridized carbons (Fsp3) is 0.0625. The number of halogens is 1. The lowest BCUT2D eigenvalue weighted by Gasteiger charge is -2.06. The summed E-state index contributed by atoms with van der Waals surface area (Å²) >= 11 is 6.26. The summed E-state index contributed by atoms with van der Waals surface area (Å²) in [6.07, 6.45) is 1.68. The fourth-order valence-corrected chi connectivity index (χ4v) is 2.36. The average Bonchev–Trinajstić information content (AvgIpc) is 2.97. The first kappa shape index (κ1) is 12.8. The van der Waals surface area contributed by atoms with Crippen molar-refractivity contribution in [2.24, 2.45) is 0 Å². The van der Waals surface area contributed by atoms with Gasteiger partial charge in [-0.05, 0) is 30.3 Å². The second kappa shape index (κ2) is 5.39. The van der Waals surface area contributed by atoms with Gasteiger partial charge in [0.2, 0.25) is 0 Å². The molecule has 3 aromatic rings. The number of aromatic nitrogens is 2.